The fourth-order valence-corrected chi connectivity index (χ4v) is 2.29. The van der Waals surface area contributed by atoms with Gasteiger partial charge in [-0.15, -0.1) is 0 Å². The molecule has 1 fully saturated rings. The van der Waals surface area contributed by atoms with Crippen molar-refractivity contribution in [2.45, 2.75) is 32.2 Å². The molecule has 88 valence electrons. The van der Waals surface area contributed by atoms with Crippen LogP contribution in [0.25, 0.3) is 0 Å². The highest BCUT2D eigenvalue weighted by molar-refractivity contribution is 5.40. The predicted octanol–water partition coefficient (Wildman–Crippen LogP) is 1.97. The summed E-state index contributed by atoms with van der Waals surface area (Å²) in [6.45, 7) is 4.40. The van der Waals surface area contributed by atoms with Gasteiger partial charge in [0.05, 0.1) is 0 Å². The van der Waals surface area contributed by atoms with Crippen LogP contribution >= 0.6 is 0 Å². The van der Waals surface area contributed by atoms with Gasteiger partial charge >= 0.3 is 0 Å². The maximum absolute atomic E-state index is 4.45. The van der Waals surface area contributed by atoms with E-state index in [1.54, 1.807) is 0 Å². The van der Waals surface area contributed by atoms with Crippen molar-refractivity contribution in [3.05, 3.63) is 23.9 Å². The predicted molar refractivity (Wildman–Crippen MR) is 67.9 cm³/mol. The molecule has 3 heteroatoms. The maximum Gasteiger partial charge on any atom is 0.128 e. The summed E-state index contributed by atoms with van der Waals surface area (Å²) in [5, 5.41) is 3.45. The standard InChI is InChI=1S/C13H21N3/c1-11-5-9-15-13(10-11)16(2)12-4-3-7-14-8-6-12/h5,9-10,12,14H,3-4,6-8H2,1-2H3. The summed E-state index contributed by atoms with van der Waals surface area (Å²) >= 11 is 0. The second-order valence-electron chi connectivity index (χ2n) is 4.64. The number of pyridine rings is 1. The lowest BCUT2D eigenvalue weighted by molar-refractivity contribution is 0.562. The van der Waals surface area contributed by atoms with Crippen LogP contribution in [0.2, 0.25) is 0 Å². The Hall–Kier alpha value is -1.09. The zero-order valence-corrected chi connectivity index (χ0v) is 10.2. The van der Waals surface area contributed by atoms with Gasteiger partial charge in [-0.05, 0) is 57.0 Å². The van der Waals surface area contributed by atoms with Crippen molar-refractivity contribution in [3.63, 3.8) is 0 Å². The minimum Gasteiger partial charge on any atom is -0.357 e. The Morgan fingerprint density at radius 3 is 3.06 bits per heavy atom. The number of rotatable bonds is 2. The van der Waals surface area contributed by atoms with E-state index in [4.69, 9.17) is 0 Å². The number of aromatic nitrogens is 1. The molecule has 1 saturated heterocycles. The number of nitrogens with one attached hydrogen (secondary N) is 1. The lowest BCUT2D eigenvalue weighted by atomic mass is 10.1. The van der Waals surface area contributed by atoms with Crippen LogP contribution in [0.3, 0.4) is 0 Å². The number of hydrogen-bond acceptors (Lipinski definition) is 3. The molecule has 0 aliphatic carbocycles. The Morgan fingerprint density at radius 2 is 2.25 bits per heavy atom. The van der Waals surface area contributed by atoms with E-state index in [-0.39, 0.29) is 0 Å². The zero-order chi connectivity index (χ0) is 11.4. The highest BCUT2D eigenvalue weighted by Crippen LogP contribution is 2.19. The molecule has 2 rings (SSSR count). The van der Waals surface area contributed by atoms with Crippen molar-refractivity contribution in [1.29, 1.82) is 0 Å². The van der Waals surface area contributed by atoms with Gasteiger partial charge in [-0.25, -0.2) is 4.98 Å². The van der Waals surface area contributed by atoms with E-state index in [0.29, 0.717) is 6.04 Å². The number of aryl methyl sites for hydroxylation is 1. The molecule has 2 heterocycles. The van der Waals surface area contributed by atoms with Crippen LogP contribution in [0.1, 0.15) is 24.8 Å². The minimum atomic E-state index is 0.629. The van der Waals surface area contributed by atoms with Crippen molar-refractivity contribution in [3.8, 4) is 0 Å². The summed E-state index contributed by atoms with van der Waals surface area (Å²) in [6.07, 6.45) is 5.64. The number of nitrogens with zero attached hydrogens (tertiary/aromatic N) is 2. The van der Waals surface area contributed by atoms with Gasteiger partial charge in [0.2, 0.25) is 0 Å². The zero-order valence-electron chi connectivity index (χ0n) is 10.2. The third kappa shape index (κ3) is 2.73. The summed E-state index contributed by atoms with van der Waals surface area (Å²) < 4.78 is 0. The molecule has 0 saturated carbocycles. The molecule has 3 nitrogen and oxygen atoms in total. The summed E-state index contributed by atoms with van der Waals surface area (Å²) in [7, 11) is 2.16. The monoisotopic (exact) mass is 219 g/mol. The SMILES string of the molecule is Cc1ccnc(N(C)C2CCCNCC2)c1. The van der Waals surface area contributed by atoms with Crippen molar-refractivity contribution in [2.75, 3.05) is 25.0 Å². The number of hydrogen-bond donors (Lipinski definition) is 1. The molecule has 0 bridgehead atoms. The normalized spacial score (nSPS) is 21.5. The third-order valence-corrected chi connectivity index (χ3v) is 3.36. The molecule has 0 amide bonds. The molecule has 1 unspecified atom stereocenters. The fraction of sp³-hybridized carbons (Fsp3) is 0.615. The fourth-order valence-electron chi connectivity index (χ4n) is 2.29. The van der Waals surface area contributed by atoms with Gasteiger partial charge in [0, 0.05) is 19.3 Å². The summed E-state index contributed by atoms with van der Waals surface area (Å²) in [6, 6.07) is 4.84. The molecule has 1 aliphatic heterocycles. The van der Waals surface area contributed by atoms with Gasteiger partial charge < -0.3 is 10.2 Å². The molecular weight excluding hydrogens is 198 g/mol. The van der Waals surface area contributed by atoms with E-state index in [0.717, 1.165) is 18.9 Å². The van der Waals surface area contributed by atoms with Crippen LogP contribution in [0.4, 0.5) is 5.82 Å². The van der Waals surface area contributed by atoms with Crippen molar-refractivity contribution in [2.24, 2.45) is 0 Å². The molecule has 1 aromatic rings. The Bertz CT molecular complexity index is 330. The summed E-state index contributed by atoms with van der Waals surface area (Å²) in [5.74, 6) is 1.10. The van der Waals surface area contributed by atoms with Crippen LogP contribution in [0.5, 0.6) is 0 Å². The molecule has 1 N–H and O–H groups in total. The van der Waals surface area contributed by atoms with Crippen LogP contribution < -0.4 is 10.2 Å². The molecule has 1 atom stereocenters. The smallest absolute Gasteiger partial charge is 0.128 e. The Labute approximate surface area is 97.9 Å². The average Bonchev–Trinajstić information content (AvgIpc) is 2.56. The molecular formula is C13H21N3. The van der Waals surface area contributed by atoms with Crippen LogP contribution in [-0.2, 0) is 0 Å². The van der Waals surface area contributed by atoms with E-state index in [2.05, 4.69) is 35.2 Å². The van der Waals surface area contributed by atoms with Gasteiger partial charge in [0.1, 0.15) is 5.82 Å². The Morgan fingerprint density at radius 1 is 1.38 bits per heavy atom. The van der Waals surface area contributed by atoms with E-state index < -0.39 is 0 Å². The first-order valence-electron chi connectivity index (χ1n) is 6.13. The first-order chi connectivity index (χ1) is 7.77. The minimum absolute atomic E-state index is 0.629. The van der Waals surface area contributed by atoms with E-state index in [1.807, 2.05) is 12.3 Å². The Balaban J connectivity index is 2.07. The van der Waals surface area contributed by atoms with Gasteiger partial charge in [-0.3, -0.25) is 0 Å². The van der Waals surface area contributed by atoms with Crippen LogP contribution in [-0.4, -0.2) is 31.2 Å². The van der Waals surface area contributed by atoms with Crippen molar-refractivity contribution < 1.29 is 0 Å². The van der Waals surface area contributed by atoms with E-state index in [1.165, 1.54) is 24.8 Å². The van der Waals surface area contributed by atoms with Gasteiger partial charge in [-0.2, -0.15) is 0 Å². The van der Waals surface area contributed by atoms with Gasteiger partial charge in [0.25, 0.3) is 0 Å². The maximum atomic E-state index is 4.45. The first kappa shape index (κ1) is 11.4. The number of anilines is 1. The topological polar surface area (TPSA) is 28.2 Å². The highest BCUT2D eigenvalue weighted by atomic mass is 15.2. The highest BCUT2D eigenvalue weighted by Gasteiger charge is 2.17. The molecule has 1 aliphatic rings. The van der Waals surface area contributed by atoms with Gasteiger partial charge in [0.15, 0.2) is 0 Å². The molecule has 0 radical (unpaired) electrons. The molecule has 16 heavy (non-hydrogen) atoms. The van der Waals surface area contributed by atoms with E-state index >= 15 is 0 Å². The summed E-state index contributed by atoms with van der Waals surface area (Å²) in [5.41, 5.74) is 1.28. The Kier molecular flexibility index (Phi) is 3.78. The van der Waals surface area contributed by atoms with Crippen LogP contribution in [0.15, 0.2) is 18.3 Å². The van der Waals surface area contributed by atoms with Crippen molar-refractivity contribution in [1.82, 2.24) is 10.3 Å². The first-order valence-corrected chi connectivity index (χ1v) is 6.13. The molecule has 0 aromatic carbocycles. The van der Waals surface area contributed by atoms with Crippen molar-refractivity contribution >= 4 is 5.82 Å². The molecule has 0 spiro atoms. The second kappa shape index (κ2) is 5.30. The molecule has 1 aromatic heterocycles. The summed E-state index contributed by atoms with van der Waals surface area (Å²) in [4.78, 5) is 6.78. The second-order valence-corrected chi connectivity index (χ2v) is 4.64. The van der Waals surface area contributed by atoms with Crippen LogP contribution in [0, 0.1) is 6.92 Å². The lowest BCUT2D eigenvalue weighted by Gasteiger charge is -2.28. The van der Waals surface area contributed by atoms with E-state index in [9.17, 15) is 0 Å². The average molecular weight is 219 g/mol. The lowest BCUT2D eigenvalue weighted by Crippen LogP contribution is -2.33. The third-order valence-electron chi connectivity index (χ3n) is 3.36. The largest absolute Gasteiger partial charge is 0.357 e. The van der Waals surface area contributed by atoms with Gasteiger partial charge in [-0.1, -0.05) is 0 Å². The quantitative estimate of drug-likeness (QED) is 0.824.